The molecular weight excluding hydrogens is 1310 g/mol. The highest BCUT2D eigenvalue weighted by Crippen LogP contribution is 2.46. The number of nitrogens with one attached hydrogen (secondary N) is 1. The number of ether oxygens (including phenoxy) is 18. The second kappa shape index (κ2) is 34.9. The van der Waals surface area contributed by atoms with E-state index in [0.29, 0.717) is 31.6 Å². The average Bonchev–Trinajstić information content (AvgIpc) is 1.38. The first-order chi connectivity index (χ1) is 47.6. The summed E-state index contributed by atoms with van der Waals surface area (Å²) in [7, 11) is 1.14. The molecule has 1 N–H and O–H groups in total. The molecule has 7 aliphatic rings. The SMILES string of the molecule is CCC1O[C@@H](OCC2O[C@H](F)C(O[C@@H]3OC(CC)[C@@H](O[C@@H]4OC(COCc5ccccc5)[C@H](C)[C@H](C)C4OC(C)=O)[C@H](C)C3C)[C@@H](C)[C@@H]2C)C(C)[C@@H](C)[C@@H]1O[C@@H]1OC(CO[C@]2(C(=O)OC)C[C@H]3OC(=O)N[C@H]3C([C@H](OC(C)=O)[C@@H](CC)OC(C)=O)O2)[C@H](C)[C@H](C)C1OC(=O)c1ccccc1. The van der Waals surface area contributed by atoms with Crippen LogP contribution in [0.1, 0.15) is 152 Å². The maximum absolute atomic E-state index is 16.8. The van der Waals surface area contributed by atoms with E-state index < -0.39 is 170 Å². The van der Waals surface area contributed by atoms with E-state index in [0.717, 1.165) is 19.6 Å². The average molecular weight is 1410 g/mol. The van der Waals surface area contributed by atoms with Crippen molar-refractivity contribution < 1.29 is 118 Å². The first-order valence-electron chi connectivity index (χ1n) is 35.9. The standard InChI is InChI=1S/C74H108FNO24/c1-18-51-59(98-71-63(96-67(80)50-29-25-22-26-30-50)41(9)38(6)57(94-71)35-86-74(72(81)83-17)31-54-58(76-73(82)95-54)65(100-74)64(89-48(16)79)53(20-3)87-46(14)77)42(10)44(12)68(91-51)85-34-56-36(4)39(7)61(66(75)90-56)99-69-45(13)43(11)60(52(19-2)92-69)97-70-62(88-47(15)78)40(8)37(5)55(93-70)33-84-32-49-27-23-21-24-28-49/h21-30,36-45,51-66,68-71H,18-20,31-35H2,1-17H3,(H,76,82)/t36-,37+,38+,39-,40-,41-,42+,43+,44?,45?,51?,52?,53+,54+,55?,56?,57?,58+,59-,60-,61?,62?,63?,64+,65?,66-,68+,69-,70-,71-,74+/m0/s1. The minimum atomic E-state index is -2.31. The summed E-state index contributed by atoms with van der Waals surface area (Å²) >= 11 is 0. The Morgan fingerprint density at radius 2 is 1.06 bits per heavy atom. The summed E-state index contributed by atoms with van der Waals surface area (Å²) in [4.78, 5) is 78.7. The van der Waals surface area contributed by atoms with Crippen molar-refractivity contribution >= 4 is 35.9 Å². The first kappa shape index (κ1) is 78.6. The number of fused-ring (bicyclic) bond motifs is 1. The van der Waals surface area contributed by atoms with Gasteiger partial charge in [0.05, 0.1) is 94.3 Å². The van der Waals surface area contributed by atoms with Crippen molar-refractivity contribution in [3.05, 3.63) is 71.8 Å². The minimum Gasteiger partial charge on any atom is -0.465 e. The van der Waals surface area contributed by atoms with Crippen molar-refractivity contribution in [3.8, 4) is 0 Å². The summed E-state index contributed by atoms with van der Waals surface area (Å²) in [6.45, 7) is 29.6. The maximum Gasteiger partial charge on any atom is 0.407 e. The third-order valence-corrected chi connectivity index (χ3v) is 22.3. The molecule has 7 heterocycles. The number of halogens is 1. The van der Waals surface area contributed by atoms with Crippen molar-refractivity contribution in [1.29, 1.82) is 0 Å². The fourth-order valence-electron chi connectivity index (χ4n) is 15.1. The number of alkyl carbamates (subject to hydrolysis) is 1. The predicted octanol–water partition coefficient (Wildman–Crippen LogP) is 9.73. The lowest BCUT2D eigenvalue weighted by molar-refractivity contribution is -0.356. The van der Waals surface area contributed by atoms with Gasteiger partial charge in [0.25, 0.3) is 5.79 Å². The van der Waals surface area contributed by atoms with Crippen molar-refractivity contribution in [2.75, 3.05) is 26.9 Å². The fourth-order valence-corrected chi connectivity index (χ4v) is 15.1. The van der Waals surface area contributed by atoms with Gasteiger partial charge in [-0.25, -0.2) is 18.8 Å². The summed E-state index contributed by atoms with van der Waals surface area (Å²) in [5.41, 5.74) is 1.35. The largest absolute Gasteiger partial charge is 0.465 e. The topological polar surface area (TPSA) is 281 Å². The van der Waals surface area contributed by atoms with E-state index >= 15 is 4.39 Å². The lowest BCUT2D eigenvalue weighted by Gasteiger charge is -2.50. The number of benzene rings is 2. The molecule has 26 heteroatoms. The second-order valence-corrected chi connectivity index (χ2v) is 28.6. The fraction of sp³-hybridized carbons (Fsp3) is 0.757. The predicted molar refractivity (Wildman–Crippen MR) is 353 cm³/mol. The Bertz CT molecular complexity index is 3000. The van der Waals surface area contributed by atoms with Crippen LogP contribution in [0, 0.1) is 59.2 Å². The van der Waals surface area contributed by atoms with Gasteiger partial charge in [-0.1, -0.05) is 139 Å². The molecule has 0 spiro atoms. The molecule has 0 aliphatic carbocycles. The molecule has 7 aliphatic heterocycles. The summed E-state index contributed by atoms with van der Waals surface area (Å²) in [6, 6.07) is 17.4. The van der Waals surface area contributed by atoms with Gasteiger partial charge in [0, 0.05) is 44.4 Å². The van der Waals surface area contributed by atoms with Gasteiger partial charge in [-0.3, -0.25) is 14.4 Å². The number of esters is 5. The van der Waals surface area contributed by atoms with Gasteiger partial charge in [0.15, 0.2) is 43.5 Å². The van der Waals surface area contributed by atoms with Crippen molar-refractivity contribution in [3.63, 3.8) is 0 Å². The molecule has 7 fully saturated rings. The zero-order chi connectivity index (χ0) is 72.6. The maximum atomic E-state index is 16.8. The van der Waals surface area contributed by atoms with Gasteiger partial charge < -0.3 is 90.6 Å². The number of alkyl halides is 1. The lowest BCUT2D eigenvalue weighted by atomic mass is 9.81. The highest BCUT2D eigenvalue weighted by molar-refractivity contribution is 5.89. The molecule has 31 atom stereocenters. The van der Waals surface area contributed by atoms with Crippen LogP contribution in [0.3, 0.4) is 0 Å². The third kappa shape index (κ3) is 18.0. The number of carbonyl (C=O) groups excluding carboxylic acids is 6. The number of hydrogen-bond acceptors (Lipinski definition) is 24. The number of amides is 1. The monoisotopic (exact) mass is 1410 g/mol. The molecule has 2 aromatic carbocycles. The van der Waals surface area contributed by atoms with Crippen molar-refractivity contribution in [1.82, 2.24) is 5.32 Å². The van der Waals surface area contributed by atoms with Crippen molar-refractivity contribution in [2.45, 2.75) is 272 Å². The third-order valence-electron chi connectivity index (χ3n) is 22.3. The molecule has 0 saturated carbocycles. The Morgan fingerprint density at radius 1 is 0.560 bits per heavy atom. The molecule has 7 saturated heterocycles. The van der Waals surface area contributed by atoms with E-state index in [9.17, 15) is 28.8 Å². The Morgan fingerprint density at radius 3 is 1.61 bits per heavy atom. The Hall–Kier alpha value is -5.49. The molecule has 100 heavy (non-hydrogen) atoms. The van der Waals surface area contributed by atoms with E-state index in [1.807, 2.05) is 99.6 Å². The van der Waals surface area contributed by atoms with Crippen LogP contribution >= 0.6 is 0 Å². The van der Waals surface area contributed by atoms with Crippen LogP contribution in [0.25, 0.3) is 0 Å². The van der Waals surface area contributed by atoms with E-state index in [-0.39, 0.29) is 79.5 Å². The minimum absolute atomic E-state index is 0.00437. The smallest absolute Gasteiger partial charge is 0.407 e. The molecule has 0 bridgehead atoms. The van der Waals surface area contributed by atoms with E-state index in [1.54, 1.807) is 37.3 Å². The number of hydrogen-bond donors (Lipinski definition) is 1. The van der Waals surface area contributed by atoms with Crippen LogP contribution in [0.4, 0.5) is 9.18 Å². The highest BCUT2D eigenvalue weighted by atomic mass is 19.1. The van der Waals surface area contributed by atoms with Gasteiger partial charge in [0.1, 0.15) is 24.4 Å². The number of carbonyl (C=O) groups is 6. The summed E-state index contributed by atoms with van der Waals surface area (Å²) < 4.78 is 131. The van der Waals surface area contributed by atoms with E-state index in [1.165, 1.54) is 13.8 Å². The molecule has 0 aromatic heterocycles. The highest BCUT2D eigenvalue weighted by Gasteiger charge is 2.62. The van der Waals surface area contributed by atoms with Gasteiger partial charge in [0.2, 0.25) is 6.36 Å². The Kier molecular flexibility index (Phi) is 27.4. The van der Waals surface area contributed by atoms with Gasteiger partial charge >= 0.3 is 35.9 Å². The quantitative estimate of drug-likeness (QED) is 0.0643. The lowest BCUT2D eigenvalue weighted by Crippen LogP contribution is -2.66. The molecule has 1 amide bonds. The molecule has 0 radical (unpaired) electrons. The molecule has 560 valence electrons. The van der Waals surface area contributed by atoms with Crippen LogP contribution in [-0.2, 0) is 111 Å². The number of methoxy groups -OCH3 is 1. The Balaban J connectivity index is 0.851. The molecular formula is C74H108FNO24. The number of rotatable bonds is 27. The van der Waals surface area contributed by atoms with E-state index in [2.05, 4.69) is 19.2 Å². The zero-order valence-corrected chi connectivity index (χ0v) is 60.9. The summed E-state index contributed by atoms with van der Waals surface area (Å²) in [5, 5.41) is 2.70. The van der Waals surface area contributed by atoms with Gasteiger partial charge in [-0.05, 0) is 72.5 Å². The van der Waals surface area contributed by atoms with Gasteiger partial charge in [-0.2, -0.15) is 0 Å². The van der Waals surface area contributed by atoms with Crippen LogP contribution in [0.2, 0.25) is 0 Å². The first-order valence-corrected chi connectivity index (χ1v) is 35.9. The summed E-state index contributed by atoms with van der Waals surface area (Å²) in [6.07, 6.45) is -17.4. The molecule has 11 unspecified atom stereocenters. The van der Waals surface area contributed by atoms with Crippen LogP contribution < -0.4 is 5.32 Å². The Labute approximate surface area is 587 Å². The summed E-state index contributed by atoms with van der Waals surface area (Å²) in [5.74, 6) is -8.55. The van der Waals surface area contributed by atoms with Crippen LogP contribution in [0.15, 0.2) is 60.7 Å². The normalized spacial score (nSPS) is 40.3. The molecule has 9 rings (SSSR count). The van der Waals surface area contributed by atoms with Crippen LogP contribution in [-0.4, -0.2) is 192 Å². The van der Waals surface area contributed by atoms with Crippen molar-refractivity contribution in [2.24, 2.45) is 59.2 Å². The molecule has 25 nitrogen and oxygen atoms in total. The second-order valence-electron chi connectivity index (χ2n) is 28.6. The van der Waals surface area contributed by atoms with Gasteiger partial charge in [-0.15, -0.1) is 0 Å². The van der Waals surface area contributed by atoms with E-state index in [4.69, 9.17) is 85.3 Å². The zero-order valence-electron chi connectivity index (χ0n) is 60.9. The van der Waals surface area contributed by atoms with Crippen LogP contribution in [0.5, 0.6) is 0 Å². The molecule has 2 aromatic rings.